The van der Waals surface area contributed by atoms with Crippen LogP contribution in [-0.2, 0) is 0 Å². The molecule has 0 aliphatic heterocycles. The van der Waals surface area contributed by atoms with Gasteiger partial charge in [-0.25, -0.2) is 5.48 Å². The van der Waals surface area contributed by atoms with Gasteiger partial charge in [-0.3, -0.25) is 10.0 Å². The minimum Gasteiger partial charge on any atom is -0.333 e. The van der Waals surface area contributed by atoms with E-state index >= 15 is 0 Å². The molecule has 1 heterocycles. The minimum absolute atomic E-state index is 0.212. The van der Waals surface area contributed by atoms with Gasteiger partial charge in [-0.05, 0) is 12.1 Å². The highest BCUT2D eigenvalue weighted by molar-refractivity contribution is 5.89. The van der Waals surface area contributed by atoms with Crippen molar-refractivity contribution in [1.29, 1.82) is 0 Å². The number of carbonyl (C=O) groups excluding carboxylic acids is 1. The van der Waals surface area contributed by atoms with Crippen molar-refractivity contribution in [3.8, 4) is 11.5 Å². The van der Waals surface area contributed by atoms with Crippen LogP contribution in [0.4, 0.5) is 0 Å². The topological polar surface area (TPSA) is 88.2 Å². The molecule has 1 amide bonds. The summed E-state index contributed by atoms with van der Waals surface area (Å²) in [5.41, 5.74) is 2.13. The van der Waals surface area contributed by atoms with E-state index in [0.29, 0.717) is 5.56 Å². The highest BCUT2D eigenvalue weighted by atomic mass is 16.5. The van der Waals surface area contributed by atoms with Crippen molar-refractivity contribution in [2.75, 3.05) is 0 Å². The number of nitrogens with zero attached hydrogens (tertiary/aromatic N) is 2. The molecule has 0 bridgehead atoms. The summed E-state index contributed by atoms with van der Waals surface area (Å²) in [4.78, 5) is 14.7. The number of rotatable bonds is 2. The van der Waals surface area contributed by atoms with Crippen LogP contribution in [0, 0.1) is 0 Å². The van der Waals surface area contributed by atoms with Crippen molar-refractivity contribution in [2.24, 2.45) is 0 Å². The van der Waals surface area contributed by atoms with E-state index in [-0.39, 0.29) is 11.7 Å². The Labute approximate surface area is 84.5 Å². The average molecular weight is 205 g/mol. The maximum Gasteiger partial charge on any atom is 0.316 e. The highest BCUT2D eigenvalue weighted by Crippen LogP contribution is 2.15. The summed E-state index contributed by atoms with van der Waals surface area (Å²) < 4.78 is 4.84. The number of nitrogens with one attached hydrogen (secondary N) is 1. The molecule has 0 fully saturated rings. The summed E-state index contributed by atoms with van der Waals surface area (Å²) in [5, 5.41) is 11.8. The van der Waals surface area contributed by atoms with Crippen LogP contribution in [0.2, 0.25) is 0 Å². The molecule has 0 radical (unpaired) electrons. The fourth-order valence-corrected chi connectivity index (χ4v) is 1.06. The molecule has 2 rings (SSSR count). The molecule has 0 unspecified atom stereocenters. The average Bonchev–Trinajstić information content (AvgIpc) is 2.78. The summed E-state index contributed by atoms with van der Waals surface area (Å²) >= 11 is 0. The third-order valence-electron chi connectivity index (χ3n) is 1.75. The predicted octanol–water partition coefficient (Wildman–Crippen LogP) is 0.856. The van der Waals surface area contributed by atoms with Crippen LogP contribution in [0.1, 0.15) is 10.6 Å². The molecule has 0 saturated heterocycles. The number of hydroxylamine groups is 1. The van der Waals surface area contributed by atoms with Crippen LogP contribution in [0.3, 0.4) is 0 Å². The zero-order valence-corrected chi connectivity index (χ0v) is 7.54. The molecular weight excluding hydrogens is 198 g/mol. The van der Waals surface area contributed by atoms with Crippen LogP contribution in [0.15, 0.2) is 34.9 Å². The lowest BCUT2D eigenvalue weighted by Crippen LogP contribution is -2.19. The molecule has 1 aromatic heterocycles. The maximum atomic E-state index is 10.9. The van der Waals surface area contributed by atoms with Gasteiger partial charge in [0.25, 0.3) is 11.7 Å². The minimum atomic E-state index is -0.805. The number of hydrogen-bond donors (Lipinski definition) is 2. The number of aromatic nitrogens is 2. The lowest BCUT2D eigenvalue weighted by atomic mass is 10.2. The fraction of sp³-hybridized carbons (Fsp3) is 0. The molecule has 6 nitrogen and oxygen atoms in total. The van der Waals surface area contributed by atoms with E-state index in [1.54, 1.807) is 12.1 Å². The van der Waals surface area contributed by atoms with E-state index in [2.05, 4.69) is 10.1 Å². The van der Waals surface area contributed by atoms with Gasteiger partial charge >= 0.3 is 5.91 Å². The summed E-state index contributed by atoms with van der Waals surface area (Å²) in [6, 6.07) is 9.01. The van der Waals surface area contributed by atoms with Crippen molar-refractivity contribution < 1.29 is 14.5 Å². The highest BCUT2D eigenvalue weighted by Gasteiger charge is 2.14. The number of benzene rings is 1. The normalized spacial score (nSPS) is 9.93. The monoisotopic (exact) mass is 205 g/mol. The van der Waals surface area contributed by atoms with E-state index in [9.17, 15) is 4.79 Å². The van der Waals surface area contributed by atoms with Gasteiger partial charge in [0, 0.05) is 5.56 Å². The second-order valence-corrected chi connectivity index (χ2v) is 2.73. The second kappa shape index (κ2) is 3.89. The Kier molecular flexibility index (Phi) is 2.42. The molecular formula is C9H7N3O3. The standard InChI is InChI=1S/C9H7N3O3/c13-8(11-14)7-10-9(15-12-7)6-4-2-1-3-5-6/h1-5,14H,(H,11,13). The molecule has 76 valence electrons. The smallest absolute Gasteiger partial charge is 0.316 e. The van der Waals surface area contributed by atoms with Crippen molar-refractivity contribution in [3.63, 3.8) is 0 Å². The Morgan fingerprint density at radius 1 is 1.33 bits per heavy atom. The van der Waals surface area contributed by atoms with E-state index < -0.39 is 5.91 Å². The van der Waals surface area contributed by atoms with Crippen molar-refractivity contribution >= 4 is 5.91 Å². The Morgan fingerprint density at radius 3 is 2.73 bits per heavy atom. The fourth-order valence-electron chi connectivity index (χ4n) is 1.06. The molecule has 1 aromatic carbocycles. The van der Waals surface area contributed by atoms with Gasteiger partial charge in [0.2, 0.25) is 0 Å². The van der Waals surface area contributed by atoms with Gasteiger partial charge in [0.15, 0.2) is 0 Å². The van der Waals surface area contributed by atoms with Crippen molar-refractivity contribution in [3.05, 3.63) is 36.2 Å². The number of carbonyl (C=O) groups is 1. The van der Waals surface area contributed by atoms with Gasteiger partial charge in [0.1, 0.15) is 0 Å². The van der Waals surface area contributed by atoms with E-state index in [4.69, 9.17) is 9.73 Å². The second-order valence-electron chi connectivity index (χ2n) is 2.73. The molecule has 0 atom stereocenters. The molecule has 0 aliphatic carbocycles. The van der Waals surface area contributed by atoms with E-state index in [0.717, 1.165) is 0 Å². The Morgan fingerprint density at radius 2 is 2.07 bits per heavy atom. The third-order valence-corrected chi connectivity index (χ3v) is 1.75. The Hall–Kier alpha value is -2.21. The molecule has 0 aliphatic rings. The Balaban J connectivity index is 2.32. The molecule has 2 N–H and O–H groups in total. The van der Waals surface area contributed by atoms with Gasteiger partial charge in [-0.1, -0.05) is 23.4 Å². The third kappa shape index (κ3) is 1.84. The van der Waals surface area contributed by atoms with Crippen LogP contribution >= 0.6 is 0 Å². The first-order valence-electron chi connectivity index (χ1n) is 4.15. The first-order chi connectivity index (χ1) is 7.31. The number of amides is 1. The summed E-state index contributed by atoms with van der Waals surface area (Å²) in [7, 11) is 0. The maximum absolute atomic E-state index is 10.9. The SMILES string of the molecule is O=C(NO)c1noc(-c2ccccc2)n1. The molecule has 6 heteroatoms. The summed E-state index contributed by atoms with van der Waals surface area (Å²) in [6.45, 7) is 0. The van der Waals surface area contributed by atoms with Gasteiger partial charge in [-0.15, -0.1) is 0 Å². The summed E-state index contributed by atoms with van der Waals surface area (Å²) in [6.07, 6.45) is 0. The lowest BCUT2D eigenvalue weighted by molar-refractivity contribution is 0.0691. The van der Waals surface area contributed by atoms with Crippen LogP contribution in [-0.4, -0.2) is 21.3 Å². The number of hydrogen-bond acceptors (Lipinski definition) is 5. The van der Waals surface area contributed by atoms with Gasteiger partial charge in [0.05, 0.1) is 0 Å². The van der Waals surface area contributed by atoms with Crippen LogP contribution in [0.5, 0.6) is 0 Å². The zero-order chi connectivity index (χ0) is 10.7. The molecule has 0 spiro atoms. The van der Waals surface area contributed by atoms with Crippen LogP contribution < -0.4 is 5.48 Å². The molecule has 0 saturated carbocycles. The molecule has 15 heavy (non-hydrogen) atoms. The van der Waals surface area contributed by atoms with Crippen molar-refractivity contribution in [1.82, 2.24) is 15.6 Å². The Bertz CT molecular complexity index is 466. The first kappa shape index (κ1) is 9.35. The van der Waals surface area contributed by atoms with E-state index in [1.807, 2.05) is 18.2 Å². The quantitative estimate of drug-likeness (QED) is 0.560. The summed E-state index contributed by atoms with van der Waals surface area (Å²) in [5.74, 6) is -0.786. The zero-order valence-electron chi connectivity index (χ0n) is 7.54. The van der Waals surface area contributed by atoms with Crippen molar-refractivity contribution in [2.45, 2.75) is 0 Å². The predicted molar refractivity (Wildman–Crippen MR) is 49.0 cm³/mol. The van der Waals surface area contributed by atoms with Crippen LogP contribution in [0.25, 0.3) is 11.5 Å². The lowest BCUT2D eigenvalue weighted by Gasteiger charge is -1.90. The van der Waals surface area contributed by atoms with Gasteiger partial charge < -0.3 is 4.52 Å². The molecule has 2 aromatic rings. The van der Waals surface area contributed by atoms with Gasteiger partial charge in [-0.2, -0.15) is 4.98 Å². The first-order valence-corrected chi connectivity index (χ1v) is 4.15. The largest absolute Gasteiger partial charge is 0.333 e. The van der Waals surface area contributed by atoms with E-state index in [1.165, 1.54) is 5.48 Å².